The zero-order valence-electron chi connectivity index (χ0n) is 14.5. The third-order valence-corrected chi connectivity index (χ3v) is 4.94. The summed E-state index contributed by atoms with van der Waals surface area (Å²) in [5, 5.41) is 8.16. The Bertz CT molecular complexity index is 977. The Hall–Kier alpha value is -2.64. The van der Waals surface area contributed by atoms with Crippen LogP contribution in [0, 0.1) is 20.8 Å². The molecular formula is C18H17ClN4O2S. The minimum atomic E-state index is -0.338. The van der Waals surface area contributed by atoms with Crippen LogP contribution in [0.3, 0.4) is 0 Å². The molecule has 3 rings (SSSR count). The number of nitrogens with zero attached hydrogens (tertiary/aromatic N) is 2. The fourth-order valence-electron chi connectivity index (χ4n) is 2.34. The Morgan fingerprint density at radius 3 is 2.77 bits per heavy atom. The van der Waals surface area contributed by atoms with Crippen molar-refractivity contribution >= 4 is 45.9 Å². The van der Waals surface area contributed by atoms with E-state index in [0.717, 1.165) is 11.3 Å². The van der Waals surface area contributed by atoms with Gasteiger partial charge in [0.25, 0.3) is 5.91 Å². The van der Waals surface area contributed by atoms with Crippen molar-refractivity contribution in [3.05, 3.63) is 63.0 Å². The first kappa shape index (κ1) is 18.2. The second-order valence-corrected chi connectivity index (χ2v) is 7.03. The lowest BCUT2D eigenvalue weighted by Gasteiger charge is -2.05. The number of hydrogen-bond acceptors (Lipinski definition) is 6. The Morgan fingerprint density at radius 2 is 2.08 bits per heavy atom. The van der Waals surface area contributed by atoms with E-state index in [4.69, 9.17) is 16.0 Å². The number of halogens is 1. The molecule has 1 amide bonds. The highest BCUT2D eigenvalue weighted by atomic mass is 35.5. The zero-order valence-corrected chi connectivity index (χ0v) is 16.0. The fourth-order valence-corrected chi connectivity index (χ4v) is 3.38. The summed E-state index contributed by atoms with van der Waals surface area (Å²) in [6, 6.07) is 9.56. The first-order valence-corrected chi connectivity index (χ1v) is 9.03. The van der Waals surface area contributed by atoms with Crippen molar-refractivity contribution in [2.45, 2.75) is 20.8 Å². The number of para-hydroxylation sites is 1. The Morgan fingerprint density at radius 1 is 1.31 bits per heavy atom. The molecule has 2 aromatic heterocycles. The van der Waals surface area contributed by atoms with Crippen molar-refractivity contribution in [3.8, 4) is 0 Å². The van der Waals surface area contributed by atoms with Crippen LogP contribution in [0.2, 0.25) is 5.15 Å². The monoisotopic (exact) mass is 388 g/mol. The summed E-state index contributed by atoms with van der Waals surface area (Å²) in [7, 11) is 0. The summed E-state index contributed by atoms with van der Waals surface area (Å²) in [5.41, 5.74) is 4.99. The highest BCUT2D eigenvalue weighted by molar-refractivity contribution is 7.17. The second kappa shape index (κ2) is 7.72. The highest BCUT2D eigenvalue weighted by Crippen LogP contribution is 2.29. The average Bonchev–Trinajstić information content (AvgIpc) is 3.11. The number of amides is 1. The number of aromatic nitrogens is 1. The van der Waals surface area contributed by atoms with Crippen LogP contribution in [-0.2, 0) is 0 Å². The van der Waals surface area contributed by atoms with Gasteiger partial charge in [-0.05, 0) is 38.5 Å². The Kier molecular flexibility index (Phi) is 5.39. The van der Waals surface area contributed by atoms with Gasteiger partial charge < -0.3 is 9.73 Å². The van der Waals surface area contributed by atoms with Crippen LogP contribution in [-0.4, -0.2) is 17.1 Å². The summed E-state index contributed by atoms with van der Waals surface area (Å²) in [4.78, 5) is 17.0. The van der Waals surface area contributed by atoms with E-state index in [2.05, 4.69) is 20.8 Å². The summed E-state index contributed by atoms with van der Waals surface area (Å²) in [6.07, 6.45) is 1.48. The normalized spacial score (nSPS) is 11.1. The summed E-state index contributed by atoms with van der Waals surface area (Å²) >= 11 is 7.50. The maximum atomic E-state index is 12.1. The van der Waals surface area contributed by atoms with Crippen molar-refractivity contribution in [2.75, 3.05) is 5.32 Å². The molecule has 1 aromatic carbocycles. The van der Waals surface area contributed by atoms with E-state index in [-0.39, 0.29) is 5.91 Å². The number of hydrogen-bond donors (Lipinski definition) is 2. The molecule has 0 atom stereocenters. The van der Waals surface area contributed by atoms with Gasteiger partial charge >= 0.3 is 0 Å². The Balaban J connectivity index is 1.68. The Labute approximate surface area is 159 Å². The second-order valence-electron chi connectivity index (χ2n) is 5.64. The molecule has 3 aromatic rings. The van der Waals surface area contributed by atoms with Crippen LogP contribution in [0.4, 0.5) is 10.8 Å². The van der Waals surface area contributed by atoms with E-state index < -0.39 is 0 Å². The third-order valence-electron chi connectivity index (χ3n) is 3.63. The molecule has 6 nitrogen and oxygen atoms in total. The largest absolute Gasteiger partial charge is 0.466 e. The number of hydrazone groups is 1. The van der Waals surface area contributed by atoms with Gasteiger partial charge in [0, 0.05) is 5.69 Å². The number of nitrogens with one attached hydrogen (secondary N) is 2. The molecule has 26 heavy (non-hydrogen) atoms. The molecule has 0 aliphatic rings. The van der Waals surface area contributed by atoms with Gasteiger partial charge in [0.15, 0.2) is 10.3 Å². The minimum absolute atomic E-state index is 0.319. The molecule has 0 saturated carbocycles. The number of benzene rings is 1. The zero-order chi connectivity index (χ0) is 18.7. The van der Waals surface area contributed by atoms with Crippen molar-refractivity contribution in [2.24, 2.45) is 5.10 Å². The van der Waals surface area contributed by atoms with Crippen molar-refractivity contribution < 1.29 is 9.21 Å². The number of anilines is 2. The van der Waals surface area contributed by atoms with E-state index in [9.17, 15) is 4.79 Å². The topological polar surface area (TPSA) is 79.5 Å². The predicted octanol–water partition coefficient (Wildman–Crippen LogP) is 4.82. The molecule has 2 heterocycles. The number of thiazole rings is 1. The summed E-state index contributed by atoms with van der Waals surface area (Å²) in [5.74, 6) is 0.888. The molecule has 0 bridgehead atoms. The molecule has 0 aliphatic heterocycles. The lowest BCUT2D eigenvalue weighted by Crippen LogP contribution is -2.17. The third kappa shape index (κ3) is 4.12. The molecule has 0 aliphatic carbocycles. The first-order valence-electron chi connectivity index (χ1n) is 7.83. The predicted molar refractivity (Wildman–Crippen MR) is 105 cm³/mol. The van der Waals surface area contributed by atoms with Crippen LogP contribution in [0.25, 0.3) is 0 Å². The van der Waals surface area contributed by atoms with Crippen LogP contribution in [0.5, 0.6) is 0 Å². The molecule has 0 saturated heterocycles. The molecule has 134 valence electrons. The van der Waals surface area contributed by atoms with Crippen molar-refractivity contribution in [1.29, 1.82) is 0 Å². The summed E-state index contributed by atoms with van der Waals surface area (Å²) in [6.45, 7) is 5.53. The van der Waals surface area contributed by atoms with Crippen molar-refractivity contribution in [1.82, 2.24) is 10.4 Å². The molecule has 2 N–H and O–H groups in total. The van der Waals surface area contributed by atoms with Crippen LogP contribution in [0.1, 0.15) is 32.3 Å². The maximum Gasteiger partial charge on any atom is 0.274 e. The number of carbonyl (C=O) groups is 1. The number of rotatable bonds is 5. The van der Waals surface area contributed by atoms with Gasteiger partial charge in [-0.3, -0.25) is 4.79 Å². The SMILES string of the molecule is Cc1cc(C(=O)N/N=C/c2sc(Nc3ccccc3C)nc2Cl)c(C)o1. The number of furan rings is 1. The van der Waals surface area contributed by atoms with Crippen LogP contribution in [0.15, 0.2) is 39.9 Å². The maximum absolute atomic E-state index is 12.1. The average molecular weight is 389 g/mol. The van der Waals surface area contributed by atoms with E-state index in [0.29, 0.717) is 32.2 Å². The molecule has 0 unspecified atom stereocenters. The van der Waals surface area contributed by atoms with Gasteiger partial charge in [-0.2, -0.15) is 5.10 Å². The minimum Gasteiger partial charge on any atom is -0.466 e. The van der Waals surface area contributed by atoms with Gasteiger partial charge in [0.2, 0.25) is 0 Å². The smallest absolute Gasteiger partial charge is 0.274 e. The highest BCUT2D eigenvalue weighted by Gasteiger charge is 2.13. The lowest BCUT2D eigenvalue weighted by molar-refractivity contribution is 0.0953. The molecule has 8 heteroatoms. The standard InChI is InChI=1S/C18H17ClN4O2S/c1-10-6-4-5-7-14(10)21-18-22-16(19)15(26-18)9-20-23-17(24)13-8-11(2)25-12(13)3/h4-9H,1-3H3,(H,21,22)(H,23,24)/b20-9+. The van der Waals surface area contributed by atoms with Gasteiger partial charge in [-0.25, -0.2) is 10.4 Å². The fraction of sp³-hybridized carbons (Fsp3) is 0.167. The number of aryl methyl sites for hydroxylation is 3. The lowest BCUT2D eigenvalue weighted by atomic mass is 10.2. The van der Waals surface area contributed by atoms with Gasteiger partial charge in [-0.1, -0.05) is 41.1 Å². The van der Waals surface area contributed by atoms with E-state index >= 15 is 0 Å². The van der Waals surface area contributed by atoms with E-state index in [1.165, 1.54) is 17.6 Å². The molecule has 0 spiro atoms. The number of carbonyl (C=O) groups excluding carboxylic acids is 1. The summed E-state index contributed by atoms with van der Waals surface area (Å²) < 4.78 is 5.34. The van der Waals surface area contributed by atoms with Crippen LogP contribution < -0.4 is 10.7 Å². The van der Waals surface area contributed by atoms with Gasteiger partial charge in [0.1, 0.15) is 11.5 Å². The van der Waals surface area contributed by atoms with Crippen molar-refractivity contribution in [3.63, 3.8) is 0 Å². The van der Waals surface area contributed by atoms with Gasteiger partial charge in [-0.15, -0.1) is 0 Å². The quantitative estimate of drug-likeness (QED) is 0.485. The molecular weight excluding hydrogens is 372 g/mol. The molecule has 0 radical (unpaired) electrons. The first-order chi connectivity index (χ1) is 12.4. The molecule has 0 fully saturated rings. The van der Waals surface area contributed by atoms with Gasteiger partial charge in [0.05, 0.1) is 16.7 Å². The van der Waals surface area contributed by atoms with Crippen LogP contribution >= 0.6 is 22.9 Å². The van der Waals surface area contributed by atoms with E-state index in [1.54, 1.807) is 19.9 Å². The van der Waals surface area contributed by atoms with E-state index in [1.807, 2.05) is 31.2 Å².